The van der Waals surface area contributed by atoms with Crippen molar-refractivity contribution < 1.29 is 4.39 Å². The molecule has 0 fully saturated rings. The highest BCUT2D eigenvalue weighted by molar-refractivity contribution is 5.38. The van der Waals surface area contributed by atoms with Gasteiger partial charge in [0.1, 0.15) is 0 Å². The van der Waals surface area contributed by atoms with Gasteiger partial charge in [-0.15, -0.1) is 0 Å². The van der Waals surface area contributed by atoms with Crippen LogP contribution in [-0.2, 0) is 0 Å². The molecule has 0 spiro atoms. The summed E-state index contributed by atoms with van der Waals surface area (Å²) in [6, 6.07) is 4.37. The van der Waals surface area contributed by atoms with Crippen LogP contribution in [-0.4, -0.2) is 11.7 Å². The van der Waals surface area contributed by atoms with Crippen molar-refractivity contribution in [3.8, 4) is 0 Å². The number of halogens is 1. The van der Waals surface area contributed by atoms with E-state index in [1.165, 1.54) is 12.1 Å². The third-order valence-corrected chi connectivity index (χ3v) is 0.862. The van der Waals surface area contributed by atoms with Crippen LogP contribution < -0.4 is 0 Å². The van der Waals surface area contributed by atoms with Crippen LogP contribution in [0, 0.1) is 5.95 Å². The van der Waals surface area contributed by atoms with E-state index in [0.717, 1.165) is 0 Å². The van der Waals surface area contributed by atoms with E-state index >= 15 is 0 Å². The number of hydrogen-bond acceptors (Lipinski definition) is 2. The van der Waals surface area contributed by atoms with E-state index in [1.54, 1.807) is 6.07 Å². The Morgan fingerprint density at radius 1 is 1.56 bits per heavy atom. The normalized spacial score (nSPS) is 9.00. The Morgan fingerprint density at radius 3 is 2.78 bits per heavy atom. The number of nitrogens with zero attached hydrogens (tertiary/aromatic N) is 2. The van der Waals surface area contributed by atoms with E-state index < -0.39 is 5.95 Å². The van der Waals surface area contributed by atoms with Crippen molar-refractivity contribution in [2.45, 2.75) is 0 Å². The van der Waals surface area contributed by atoms with Gasteiger partial charge >= 0.3 is 0 Å². The highest BCUT2D eigenvalue weighted by Crippen LogP contribution is 2.04. The molecule has 0 amide bonds. The molecule has 0 saturated carbocycles. The summed E-state index contributed by atoms with van der Waals surface area (Å²) in [6.45, 7) is 3.19. The van der Waals surface area contributed by atoms with Gasteiger partial charge in [0.2, 0.25) is 5.95 Å². The molecule has 1 rings (SSSR count). The van der Waals surface area contributed by atoms with Crippen LogP contribution in [0.1, 0.15) is 0 Å². The van der Waals surface area contributed by atoms with Crippen molar-refractivity contribution in [3.05, 3.63) is 24.1 Å². The third kappa shape index (κ3) is 1.32. The van der Waals surface area contributed by atoms with E-state index in [2.05, 4.69) is 16.7 Å². The number of aliphatic imine (C=N–C) groups is 1. The third-order valence-electron chi connectivity index (χ3n) is 0.862. The van der Waals surface area contributed by atoms with E-state index in [1.807, 2.05) is 0 Å². The average molecular weight is 124 g/mol. The minimum Gasteiger partial charge on any atom is -0.245 e. The zero-order valence-corrected chi connectivity index (χ0v) is 4.71. The van der Waals surface area contributed by atoms with Gasteiger partial charge in [0.15, 0.2) is 5.82 Å². The first-order valence-electron chi connectivity index (χ1n) is 2.42. The van der Waals surface area contributed by atoms with Gasteiger partial charge in [-0.25, -0.2) is 9.98 Å². The van der Waals surface area contributed by atoms with Crippen LogP contribution in [0.2, 0.25) is 0 Å². The monoisotopic (exact) mass is 124 g/mol. The van der Waals surface area contributed by atoms with Crippen molar-refractivity contribution in [2.75, 3.05) is 0 Å². The second-order valence-corrected chi connectivity index (χ2v) is 1.48. The van der Waals surface area contributed by atoms with Gasteiger partial charge in [-0.1, -0.05) is 6.07 Å². The summed E-state index contributed by atoms with van der Waals surface area (Å²) < 4.78 is 12.2. The second-order valence-electron chi connectivity index (χ2n) is 1.48. The molecule has 1 aromatic rings. The van der Waals surface area contributed by atoms with Crippen molar-refractivity contribution in [3.63, 3.8) is 0 Å². The van der Waals surface area contributed by atoms with Crippen molar-refractivity contribution >= 4 is 12.5 Å². The topological polar surface area (TPSA) is 25.2 Å². The summed E-state index contributed by atoms with van der Waals surface area (Å²) >= 11 is 0. The molecule has 9 heavy (non-hydrogen) atoms. The van der Waals surface area contributed by atoms with E-state index in [-0.39, 0.29) is 0 Å². The zero-order valence-electron chi connectivity index (χ0n) is 4.71. The molecule has 0 aliphatic rings. The maximum absolute atomic E-state index is 12.2. The van der Waals surface area contributed by atoms with Gasteiger partial charge in [0.25, 0.3) is 0 Å². The van der Waals surface area contributed by atoms with Crippen LogP contribution in [0.3, 0.4) is 0 Å². The van der Waals surface area contributed by atoms with Gasteiger partial charge in [0, 0.05) is 0 Å². The molecule has 0 bridgehead atoms. The lowest BCUT2D eigenvalue weighted by Crippen LogP contribution is -1.78. The molecule has 0 atom stereocenters. The molecule has 1 heterocycles. The summed E-state index contributed by atoms with van der Waals surface area (Å²) in [5.74, 6) is -0.213. The molecule has 2 nitrogen and oxygen atoms in total. The van der Waals surface area contributed by atoms with Crippen molar-refractivity contribution in [1.29, 1.82) is 0 Å². The van der Waals surface area contributed by atoms with Crippen molar-refractivity contribution in [1.82, 2.24) is 4.98 Å². The summed E-state index contributed by atoms with van der Waals surface area (Å²) in [5, 5.41) is 0. The van der Waals surface area contributed by atoms with Crippen LogP contribution in [0.4, 0.5) is 10.2 Å². The fraction of sp³-hybridized carbons (Fsp3) is 0. The summed E-state index contributed by atoms with van der Waals surface area (Å²) in [7, 11) is 0. The largest absolute Gasteiger partial charge is 0.245 e. The number of aromatic nitrogens is 1. The molecule has 3 heteroatoms. The lowest BCUT2D eigenvalue weighted by Gasteiger charge is -1.87. The van der Waals surface area contributed by atoms with Gasteiger partial charge in [0.05, 0.1) is 0 Å². The Hall–Kier alpha value is -1.25. The first kappa shape index (κ1) is 5.88. The second kappa shape index (κ2) is 2.35. The summed E-state index contributed by atoms with van der Waals surface area (Å²) in [6.07, 6.45) is 0. The van der Waals surface area contributed by atoms with E-state index in [9.17, 15) is 4.39 Å². The maximum Gasteiger partial charge on any atom is 0.214 e. The molecule has 0 aliphatic carbocycles. The molecule has 0 unspecified atom stereocenters. The zero-order chi connectivity index (χ0) is 6.69. The quantitative estimate of drug-likeness (QED) is 0.412. The van der Waals surface area contributed by atoms with Gasteiger partial charge in [-0.2, -0.15) is 4.39 Å². The Balaban J connectivity index is 3.07. The predicted octanol–water partition coefficient (Wildman–Crippen LogP) is 1.55. The highest BCUT2D eigenvalue weighted by Gasteiger charge is 1.89. The first-order valence-corrected chi connectivity index (χ1v) is 2.42. The molecular weight excluding hydrogens is 119 g/mol. The molecule has 0 saturated heterocycles. The number of pyridine rings is 1. The SMILES string of the molecule is C=Nc1cccc(F)n1. The van der Waals surface area contributed by atoms with Gasteiger partial charge in [-0.05, 0) is 18.9 Å². The lowest BCUT2D eigenvalue weighted by molar-refractivity contribution is 0.585. The number of hydrogen-bond donors (Lipinski definition) is 0. The average Bonchev–Trinajstić information content (AvgIpc) is 1.88. The van der Waals surface area contributed by atoms with Crippen LogP contribution in [0.5, 0.6) is 0 Å². The number of rotatable bonds is 1. The Bertz CT molecular complexity index is 222. The Labute approximate surface area is 52.1 Å². The summed E-state index contributed by atoms with van der Waals surface area (Å²) in [5.41, 5.74) is 0. The molecule has 1 aromatic heterocycles. The minimum atomic E-state index is -0.528. The molecular formula is C6H5FN2. The summed E-state index contributed by atoms with van der Waals surface area (Å²) in [4.78, 5) is 6.83. The lowest BCUT2D eigenvalue weighted by atomic mass is 10.5. The first-order chi connectivity index (χ1) is 4.33. The van der Waals surface area contributed by atoms with Crippen LogP contribution in [0.25, 0.3) is 0 Å². The Morgan fingerprint density at radius 2 is 2.33 bits per heavy atom. The van der Waals surface area contributed by atoms with E-state index in [0.29, 0.717) is 5.82 Å². The maximum atomic E-state index is 12.2. The smallest absolute Gasteiger partial charge is 0.214 e. The molecule has 0 radical (unpaired) electrons. The van der Waals surface area contributed by atoms with Crippen molar-refractivity contribution in [2.24, 2.45) is 4.99 Å². The molecule has 0 aromatic carbocycles. The molecule has 0 N–H and O–H groups in total. The fourth-order valence-electron chi connectivity index (χ4n) is 0.486. The molecule has 0 aliphatic heterocycles. The van der Waals surface area contributed by atoms with Crippen LogP contribution >= 0.6 is 0 Å². The van der Waals surface area contributed by atoms with Gasteiger partial charge < -0.3 is 0 Å². The van der Waals surface area contributed by atoms with Gasteiger partial charge in [-0.3, -0.25) is 0 Å². The predicted molar refractivity (Wildman–Crippen MR) is 33.4 cm³/mol. The van der Waals surface area contributed by atoms with Crippen LogP contribution in [0.15, 0.2) is 23.2 Å². The molecule has 46 valence electrons. The standard InChI is InChI=1S/C6H5FN2/c1-8-6-4-2-3-5(7)9-6/h2-4H,1H2. The fourth-order valence-corrected chi connectivity index (χ4v) is 0.486. The minimum absolute atomic E-state index is 0.315. The highest BCUT2D eigenvalue weighted by atomic mass is 19.1. The van der Waals surface area contributed by atoms with E-state index in [4.69, 9.17) is 0 Å². The Kier molecular flexibility index (Phi) is 1.53.